The van der Waals surface area contributed by atoms with E-state index in [4.69, 9.17) is 5.11 Å². The Labute approximate surface area is 124 Å². The van der Waals surface area contributed by atoms with Gasteiger partial charge in [-0.25, -0.2) is 0 Å². The number of aliphatic hydroxyl groups excluding tert-OH is 1. The number of carbonyl (C=O) groups excluding carboxylic acids is 2. The summed E-state index contributed by atoms with van der Waals surface area (Å²) < 4.78 is 0. The van der Waals surface area contributed by atoms with E-state index in [1.807, 2.05) is 24.3 Å². The number of nitrogens with one attached hydrogen (secondary N) is 1. The fourth-order valence-corrected chi connectivity index (χ4v) is 2.34. The maximum absolute atomic E-state index is 11.2. The lowest BCUT2D eigenvalue weighted by atomic mass is 10.0. The van der Waals surface area contributed by atoms with E-state index in [0.29, 0.717) is 12.5 Å². The summed E-state index contributed by atoms with van der Waals surface area (Å²) in [5.41, 5.74) is 1.86. The molecule has 2 N–H and O–H groups in total. The average molecular weight is 291 g/mol. The van der Waals surface area contributed by atoms with Crippen LogP contribution in [0.4, 0.5) is 11.4 Å². The first-order chi connectivity index (χ1) is 10.2. The topological polar surface area (TPSA) is 72.9 Å². The minimum Gasteiger partial charge on any atom is -0.396 e. The first kappa shape index (κ1) is 15.3. The van der Waals surface area contributed by atoms with Crippen LogP contribution >= 0.6 is 0 Å². The molecular weight excluding hydrogens is 270 g/mol. The second kappa shape index (κ2) is 7.08. The van der Waals surface area contributed by atoms with Crippen molar-refractivity contribution in [1.29, 1.82) is 0 Å². The monoisotopic (exact) mass is 291 g/mol. The third kappa shape index (κ3) is 3.72. The van der Waals surface area contributed by atoms with Gasteiger partial charge in [0.1, 0.15) is 0 Å². The Balaban J connectivity index is 1.93. The first-order valence-corrected chi connectivity index (χ1v) is 7.06. The molecule has 6 heteroatoms. The van der Waals surface area contributed by atoms with Crippen molar-refractivity contribution < 1.29 is 14.7 Å². The van der Waals surface area contributed by atoms with Crippen LogP contribution in [-0.4, -0.2) is 50.7 Å². The van der Waals surface area contributed by atoms with Gasteiger partial charge in [0.15, 0.2) is 0 Å². The molecule has 0 aliphatic carbocycles. The predicted molar refractivity (Wildman–Crippen MR) is 81.3 cm³/mol. The van der Waals surface area contributed by atoms with Crippen LogP contribution in [0.1, 0.15) is 6.42 Å². The molecule has 1 fully saturated rings. The highest BCUT2D eigenvalue weighted by Crippen LogP contribution is 2.26. The standard InChI is InChI=1S/C15H21N3O3/c1-16-15(21)6-7-17(11-20)13-2-4-14(5-3-13)18-8-12(9-18)10-19/h2-5,11-12,19H,6-10H2,1H3,(H,16,21). The van der Waals surface area contributed by atoms with Gasteiger partial charge in [-0.2, -0.15) is 0 Å². The molecule has 1 aliphatic heterocycles. The van der Waals surface area contributed by atoms with Crippen LogP contribution in [0.15, 0.2) is 24.3 Å². The molecule has 114 valence electrons. The Kier molecular flexibility index (Phi) is 5.16. The maximum atomic E-state index is 11.2. The highest BCUT2D eigenvalue weighted by Gasteiger charge is 2.25. The van der Waals surface area contributed by atoms with Gasteiger partial charge in [0.05, 0.1) is 0 Å². The number of rotatable bonds is 7. The molecule has 21 heavy (non-hydrogen) atoms. The van der Waals surface area contributed by atoms with Gasteiger partial charge in [0, 0.05) is 57.0 Å². The highest BCUT2D eigenvalue weighted by atomic mass is 16.3. The molecule has 0 bridgehead atoms. The Hall–Kier alpha value is -2.08. The van der Waals surface area contributed by atoms with E-state index in [2.05, 4.69) is 10.2 Å². The predicted octanol–water partition coefficient (Wildman–Crippen LogP) is 0.214. The van der Waals surface area contributed by atoms with E-state index in [0.717, 1.165) is 30.9 Å². The van der Waals surface area contributed by atoms with Crippen molar-refractivity contribution in [1.82, 2.24) is 5.32 Å². The van der Waals surface area contributed by atoms with Crippen molar-refractivity contribution >= 4 is 23.7 Å². The molecule has 1 aliphatic rings. The van der Waals surface area contributed by atoms with E-state index < -0.39 is 0 Å². The Morgan fingerprint density at radius 3 is 2.62 bits per heavy atom. The van der Waals surface area contributed by atoms with Crippen LogP contribution in [0.2, 0.25) is 0 Å². The third-order valence-corrected chi connectivity index (χ3v) is 3.75. The van der Waals surface area contributed by atoms with Crippen LogP contribution in [0.5, 0.6) is 0 Å². The van der Waals surface area contributed by atoms with E-state index in [1.165, 1.54) is 4.90 Å². The zero-order valence-electron chi connectivity index (χ0n) is 12.2. The molecular formula is C15H21N3O3. The quantitative estimate of drug-likeness (QED) is 0.705. The van der Waals surface area contributed by atoms with Crippen molar-refractivity contribution in [2.75, 3.05) is 43.1 Å². The number of anilines is 2. The maximum Gasteiger partial charge on any atom is 0.221 e. The largest absolute Gasteiger partial charge is 0.396 e. The highest BCUT2D eigenvalue weighted by molar-refractivity contribution is 5.80. The smallest absolute Gasteiger partial charge is 0.221 e. The molecule has 1 saturated heterocycles. The van der Waals surface area contributed by atoms with Crippen molar-refractivity contribution in [3.05, 3.63) is 24.3 Å². The minimum atomic E-state index is -0.0888. The normalized spacial score (nSPS) is 14.5. The molecule has 0 aromatic heterocycles. The van der Waals surface area contributed by atoms with Gasteiger partial charge in [-0.05, 0) is 24.3 Å². The molecule has 6 nitrogen and oxygen atoms in total. The van der Waals surface area contributed by atoms with Gasteiger partial charge in [-0.1, -0.05) is 0 Å². The van der Waals surface area contributed by atoms with E-state index in [9.17, 15) is 9.59 Å². The van der Waals surface area contributed by atoms with Crippen LogP contribution in [-0.2, 0) is 9.59 Å². The Morgan fingerprint density at radius 1 is 1.43 bits per heavy atom. The van der Waals surface area contributed by atoms with Gasteiger partial charge < -0.3 is 20.2 Å². The number of amides is 2. The van der Waals surface area contributed by atoms with Gasteiger partial charge in [-0.3, -0.25) is 9.59 Å². The molecule has 2 amide bonds. The van der Waals surface area contributed by atoms with Crippen molar-refractivity contribution in [3.8, 4) is 0 Å². The number of aliphatic hydroxyl groups is 1. The molecule has 1 aromatic carbocycles. The summed E-state index contributed by atoms with van der Waals surface area (Å²) in [6, 6.07) is 7.67. The molecule has 0 radical (unpaired) electrons. The zero-order valence-corrected chi connectivity index (χ0v) is 12.2. The van der Waals surface area contributed by atoms with Crippen LogP contribution < -0.4 is 15.1 Å². The average Bonchev–Trinajstić information content (AvgIpc) is 2.48. The first-order valence-electron chi connectivity index (χ1n) is 7.06. The lowest BCUT2D eigenvalue weighted by Gasteiger charge is -2.40. The van der Waals surface area contributed by atoms with Crippen LogP contribution in [0.3, 0.4) is 0 Å². The summed E-state index contributed by atoms with van der Waals surface area (Å²) in [5, 5.41) is 11.6. The summed E-state index contributed by atoms with van der Waals surface area (Å²) in [5.74, 6) is 0.276. The van der Waals surface area contributed by atoms with E-state index in [1.54, 1.807) is 7.05 Å². The molecule has 0 saturated carbocycles. The number of carbonyl (C=O) groups is 2. The Bertz CT molecular complexity index is 483. The number of hydrogen-bond acceptors (Lipinski definition) is 4. The lowest BCUT2D eigenvalue weighted by Crippen LogP contribution is -2.48. The lowest BCUT2D eigenvalue weighted by molar-refractivity contribution is -0.120. The third-order valence-electron chi connectivity index (χ3n) is 3.75. The molecule has 0 spiro atoms. The van der Waals surface area contributed by atoms with Crippen LogP contribution in [0, 0.1) is 5.92 Å². The minimum absolute atomic E-state index is 0.0888. The van der Waals surface area contributed by atoms with Crippen molar-refractivity contribution in [3.63, 3.8) is 0 Å². The van der Waals surface area contributed by atoms with Gasteiger partial charge >= 0.3 is 0 Å². The summed E-state index contributed by atoms with van der Waals surface area (Å²) in [7, 11) is 1.58. The van der Waals surface area contributed by atoms with Gasteiger partial charge in [0.2, 0.25) is 12.3 Å². The number of benzene rings is 1. The number of nitrogens with zero attached hydrogens (tertiary/aromatic N) is 2. The summed E-state index contributed by atoms with van der Waals surface area (Å²) in [6.07, 6.45) is 1.02. The SMILES string of the molecule is CNC(=O)CCN(C=O)c1ccc(N2CC(CO)C2)cc1. The van der Waals surface area contributed by atoms with Gasteiger partial charge in [-0.15, -0.1) is 0 Å². The fourth-order valence-electron chi connectivity index (χ4n) is 2.34. The second-order valence-corrected chi connectivity index (χ2v) is 5.19. The Morgan fingerprint density at radius 2 is 2.10 bits per heavy atom. The van der Waals surface area contributed by atoms with E-state index >= 15 is 0 Å². The second-order valence-electron chi connectivity index (χ2n) is 5.19. The zero-order chi connectivity index (χ0) is 15.2. The fraction of sp³-hybridized carbons (Fsp3) is 0.467. The summed E-state index contributed by atoms with van der Waals surface area (Å²) in [6.45, 7) is 2.32. The number of hydrogen-bond donors (Lipinski definition) is 2. The van der Waals surface area contributed by atoms with Crippen LogP contribution in [0.25, 0.3) is 0 Å². The molecule has 2 rings (SSSR count). The molecule has 1 heterocycles. The summed E-state index contributed by atoms with van der Waals surface area (Å²) >= 11 is 0. The summed E-state index contributed by atoms with van der Waals surface area (Å²) in [4.78, 5) is 26.1. The molecule has 0 atom stereocenters. The van der Waals surface area contributed by atoms with E-state index in [-0.39, 0.29) is 18.9 Å². The molecule has 1 aromatic rings. The molecule has 0 unspecified atom stereocenters. The van der Waals surface area contributed by atoms with Gasteiger partial charge in [0.25, 0.3) is 0 Å². The van der Waals surface area contributed by atoms with Crippen molar-refractivity contribution in [2.24, 2.45) is 5.92 Å². The van der Waals surface area contributed by atoms with Crippen molar-refractivity contribution in [2.45, 2.75) is 6.42 Å².